The molecule has 5 heteroatoms. The largest absolute Gasteiger partial charge is 0.496 e. The Hall–Kier alpha value is -1.59. The number of ketones is 1. The predicted molar refractivity (Wildman–Crippen MR) is 82.4 cm³/mol. The lowest BCUT2D eigenvalue weighted by Gasteiger charge is -2.32. The van der Waals surface area contributed by atoms with Crippen LogP contribution in [0.25, 0.3) is 0 Å². The van der Waals surface area contributed by atoms with Crippen LogP contribution in [0.3, 0.4) is 0 Å². The van der Waals surface area contributed by atoms with Crippen molar-refractivity contribution in [1.29, 1.82) is 0 Å². The highest BCUT2D eigenvalue weighted by molar-refractivity contribution is 6.02. The van der Waals surface area contributed by atoms with Crippen LogP contribution >= 0.6 is 0 Å². The van der Waals surface area contributed by atoms with Crippen molar-refractivity contribution >= 4 is 5.78 Å². The predicted octanol–water partition coefficient (Wildman–Crippen LogP) is 1.57. The first kappa shape index (κ1) is 15.8. The molecule has 0 spiro atoms. The Morgan fingerprint density at radius 2 is 2.10 bits per heavy atom. The highest BCUT2D eigenvalue weighted by Gasteiger charge is 2.26. The second kappa shape index (κ2) is 7.43. The van der Waals surface area contributed by atoms with Gasteiger partial charge in [0.05, 0.1) is 25.3 Å². The Morgan fingerprint density at radius 3 is 2.71 bits per heavy atom. The molecule has 1 unspecified atom stereocenters. The van der Waals surface area contributed by atoms with Gasteiger partial charge in [-0.15, -0.1) is 0 Å². The smallest absolute Gasteiger partial charge is 0.183 e. The summed E-state index contributed by atoms with van der Waals surface area (Å²) in [6, 6.07) is 5.25. The first-order chi connectivity index (χ1) is 10.2. The fourth-order valence-corrected chi connectivity index (χ4v) is 2.60. The molecule has 0 amide bonds. The molecule has 0 aliphatic carbocycles. The van der Waals surface area contributed by atoms with Crippen LogP contribution < -0.4 is 14.8 Å². The van der Waals surface area contributed by atoms with E-state index in [1.54, 1.807) is 19.2 Å². The number of piperazine rings is 1. The van der Waals surface area contributed by atoms with Crippen LogP contribution in [0, 0.1) is 0 Å². The molecule has 1 atom stereocenters. The van der Waals surface area contributed by atoms with E-state index in [4.69, 9.17) is 9.47 Å². The van der Waals surface area contributed by atoms with E-state index in [-0.39, 0.29) is 11.8 Å². The van der Waals surface area contributed by atoms with Crippen molar-refractivity contribution < 1.29 is 14.3 Å². The molecule has 1 aromatic carbocycles. The van der Waals surface area contributed by atoms with Crippen LogP contribution in [0.15, 0.2) is 18.2 Å². The summed E-state index contributed by atoms with van der Waals surface area (Å²) in [6.45, 7) is 8.09. The van der Waals surface area contributed by atoms with Gasteiger partial charge in [0, 0.05) is 26.2 Å². The molecule has 5 nitrogen and oxygen atoms in total. The fourth-order valence-electron chi connectivity index (χ4n) is 2.60. The van der Waals surface area contributed by atoms with Gasteiger partial charge in [-0.25, -0.2) is 0 Å². The molecule has 1 aliphatic rings. The maximum Gasteiger partial charge on any atom is 0.183 e. The van der Waals surface area contributed by atoms with E-state index in [0.29, 0.717) is 23.7 Å². The molecule has 1 aliphatic heterocycles. The highest BCUT2D eigenvalue weighted by atomic mass is 16.5. The maximum absolute atomic E-state index is 12.8. The SMILES string of the molecule is CCOc1ccc(OC)c(C(=O)C(C)N2CCNCC2)c1. The van der Waals surface area contributed by atoms with E-state index < -0.39 is 0 Å². The lowest BCUT2D eigenvalue weighted by atomic mass is 10.0. The number of Topliss-reactive ketones (excluding diaryl/α,β-unsaturated/α-hetero) is 1. The maximum atomic E-state index is 12.8. The normalized spacial score (nSPS) is 17.3. The number of hydrogen-bond donors (Lipinski definition) is 1. The van der Waals surface area contributed by atoms with Crippen LogP contribution in [0.1, 0.15) is 24.2 Å². The molecule has 21 heavy (non-hydrogen) atoms. The van der Waals surface area contributed by atoms with Gasteiger partial charge in [-0.05, 0) is 32.0 Å². The van der Waals surface area contributed by atoms with Gasteiger partial charge in [-0.3, -0.25) is 9.69 Å². The second-order valence-corrected chi connectivity index (χ2v) is 5.12. The van der Waals surface area contributed by atoms with Gasteiger partial charge in [0.15, 0.2) is 5.78 Å². The van der Waals surface area contributed by atoms with Crippen molar-refractivity contribution in [3.05, 3.63) is 23.8 Å². The Labute approximate surface area is 126 Å². The summed E-state index contributed by atoms with van der Waals surface area (Å²) in [7, 11) is 1.59. The molecular weight excluding hydrogens is 268 g/mol. The molecule has 2 rings (SSSR count). The van der Waals surface area contributed by atoms with Gasteiger partial charge in [0.2, 0.25) is 0 Å². The van der Waals surface area contributed by atoms with Crippen molar-refractivity contribution in [2.45, 2.75) is 19.9 Å². The minimum Gasteiger partial charge on any atom is -0.496 e. The topological polar surface area (TPSA) is 50.8 Å². The Balaban J connectivity index is 2.21. The van der Waals surface area contributed by atoms with Crippen LogP contribution in [0.2, 0.25) is 0 Å². The number of nitrogens with zero attached hydrogens (tertiary/aromatic N) is 1. The third kappa shape index (κ3) is 3.74. The van der Waals surface area contributed by atoms with Gasteiger partial charge >= 0.3 is 0 Å². The summed E-state index contributed by atoms with van der Waals surface area (Å²) in [5.41, 5.74) is 0.592. The van der Waals surface area contributed by atoms with Crippen molar-refractivity contribution in [1.82, 2.24) is 10.2 Å². The number of ether oxygens (including phenoxy) is 2. The molecule has 0 radical (unpaired) electrons. The lowest BCUT2D eigenvalue weighted by Crippen LogP contribution is -2.50. The average molecular weight is 292 g/mol. The van der Waals surface area contributed by atoms with Crippen molar-refractivity contribution in [3.63, 3.8) is 0 Å². The van der Waals surface area contributed by atoms with Crippen molar-refractivity contribution in [2.24, 2.45) is 0 Å². The zero-order chi connectivity index (χ0) is 15.2. The minimum atomic E-state index is -0.155. The Bertz CT molecular complexity index is 484. The first-order valence-corrected chi connectivity index (χ1v) is 7.47. The van der Waals surface area contributed by atoms with E-state index in [0.717, 1.165) is 26.2 Å². The van der Waals surface area contributed by atoms with E-state index in [1.165, 1.54) is 0 Å². The number of methoxy groups -OCH3 is 1. The molecule has 0 saturated carbocycles. The van der Waals surface area contributed by atoms with Crippen LogP contribution in [-0.4, -0.2) is 56.6 Å². The number of benzene rings is 1. The number of carbonyl (C=O) groups is 1. The molecule has 116 valence electrons. The zero-order valence-corrected chi connectivity index (χ0v) is 13.0. The van der Waals surface area contributed by atoms with E-state index in [1.807, 2.05) is 19.9 Å². The van der Waals surface area contributed by atoms with Crippen LogP contribution in [-0.2, 0) is 0 Å². The molecule has 1 fully saturated rings. The second-order valence-electron chi connectivity index (χ2n) is 5.12. The number of carbonyl (C=O) groups excluding carboxylic acids is 1. The summed E-state index contributed by atoms with van der Waals surface area (Å²) in [5, 5.41) is 3.30. The number of hydrogen-bond acceptors (Lipinski definition) is 5. The average Bonchev–Trinajstić information content (AvgIpc) is 2.54. The monoisotopic (exact) mass is 292 g/mol. The third-order valence-electron chi connectivity index (χ3n) is 3.83. The quantitative estimate of drug-likeness (QED) is 0.807. The van der Waals surface area contributed by atoms with E-state index in [9.17, 15) is 4.79 Å². The molecule has 1 heterocycles. The van der Waals surface area contributed by atoms with Gasteiger partial charge in [0.1, 0.15) is 11.5 Å². The standard InChI is InChI=1S/C16H24N2O3/c1-4-21-13-5-6-15(20-3)14(11-13)16(19)12(2)18-9-7-17-8-10-18/h5-6,11-12,17H,4,7-10H2,1-3H3. The first-order valence-electron chi connectivity index (χ1n) is 7.47. The van der Waals surface area contributed by atoms with Crippen LogP contribution in [0.5, 0.6) is 11.5 Å². The summed E-state index contributed by atoms with van der Waals surface area (Å²) >= 11 is 0. The molecule has 0 aromatic heterocycles. The summed E-state index contributed by atoms with van der Waals surface area (Å²) in [4.78, 5) is 15.0. The van der Waals surface area contributed by atoms with E-state index in [2.05, 4.69) is 10.2 Å². The molecule has 0 bridgehead atoms. The van der Waals surface area contributed by atoms with Gasteiger partial charge in [0.25, 0.3) is 0 Å². The molecular formula is C16H24N2O3. The van der Waals surface area contributed by atoms with Gasteiger partial charge in [-0.2, -0.15) is 0 Å². The van der Waals surface area contributed by atoms with Crippen LogP contribution in [0.4, 0.5) is 0 Å². The highest BCUT2D eigenvalue weighted by Crippen LogP contribution is 2.26. The molecule has 1 aromatic rings. The van der Waals surface area contributed by atoms with E-state index >= 15 is 0 Å². The van der Waals surface area contributed by atoms with Gasteiger partial charge in [-0.1, -0.05) is 0 Å². The van der Waals surface area contributed by atoms with Crippen molar-refractivity contribution in [3.8, 4) is 11.5 Å². The Morgan fingerprint density at radius 1 is 1.38 bits per heavy atom. The lowest BCUT2D eigenvalue weighted by molar-refractivity contribution is 0.0816. The number of rotatable bonds is 6. The third-order valence-corrected chi connectivity index (χ3v) is 3.83. The zero-order valence-electron chi connectivity index (χ0n) is 13.0. The minimum absolute atomic E-state index is 0.0790. The Kier molecular flexibility index (Phi) is 5.59. The molecule has 1 saturated heterocycles. The molecule has 1 N–H and O–H groups in total. The summed E-state index contributed by atoms with van der Waals surface area (Å²) in [5.74, 6) is 1.38. The fraction of sp³-hybridized carbons (Fsp3) is 0.562. The van der Waals surface area contributed by atoms with Crippen molar-refractivity contribution in [2.75, 3.05) is 39.9 Å². The van der Waals surface area contributed by atoms with Gasteiger partial charge < -0.3 is 14.8 Å². The number of nitrogens with one attached hydrogen (secondary N) is 1. The summed E-state index contributed by atoms with van der Waals surface area (Å²) < 4.78 is 10.8. The summed E-state index contributed by atoms with van der Waals surface area (Å²) in [6.07, 6.45) is 0.